The number of halogens is 1. The van der Waals surface area contributed by atoms with E-state index in [4.69, 9.17) is 17.3 Å². The quantitative estimate of drug-likeness (QED) is 0.881. The molecule has 100 valence electrons. The molecule has 0 radical (unpaired) electrons. The Bertz CT molecular complexity index is 408. The van der Waals surface area contributed by atoms with E-state index in [0.717, 1.165) is 18.9 Å². The summed E-state index contributed by atoms with van der Waals surface area (Å²) in [6.07, 6.45) is 2.86. The molecular formula is C13H21ClN4. The molecule has 1 aromatic rings. The number of hydrogen-bond acceptors (Lipinski definition) is 4. The van der Waals surface area contributed by atoms with E-state index in [-0.39, 0.29) is 0 Å². The van der Waals surface area contributed by atoms with Crippen molar-refractivity contribution in [2.45, 2.75) is 26.3 Å². The average molecular weight is 269 g/mol. The third-order valence-corrected chi connectivity index (χ3v) is 3.76. The van der Waals surface area contributed by atoms with Crippen molar-refractivity contribution in [1.82, 2.24) is 9.88 Å². The van der Waals surface area contributed by atoms with Crippen LogP contribution in [0.3, 0.4) is 0 Å². The number of nitrogens with zero attached hydrogens (tertiary/aromatic N) is 2. The molecule has 1 unspecified atom stereocenters. The van der Waals surface area contributed by atoms with E-state index in [1.165, 1.54) is 13.0 Å². The number of nitrogen functional groups attached to an aromatic ring is 1. The first-order chi connectivity index (χ1) is 8.56. The minimum absolute atomic E-state index is 0.591. The summed E-state index contributed by atoms with van der Waals surface area (Å²) in [5.74, 6) is 1.40. The standard InChI is InChI=1S/C13H21ClN4/c1-9(2)18-4-3-10(8-18)6-16-13-12(14)5-11(15)7-17-13/h5,7,9-10H,3-4,6,8,15H2,1-2H3,(H,16,17). The van der Waals surface area contributed by atoms with Gasteiger partial charge in [0.15, 0.2) is 0 Å². The highest BCUT2D eigenvalue weighted by Gasteiger charge is 2.23. The van der Waals surface area contributed by atoms with E-state index >= 15 is 0 Å². The summed E-state index contributed by atoms with van der Waals surface area (Å²) >= 11 is 6.08. The number of likely N-dealkylation sites (tertiary alicyclic amines) is 1. The second-order valence-electron chi connectivity index (χ2n) is 5.22. The van der Waals surface area contributed by atoms with Gasteiger partial charge >= 0.3 is 0 Å². The molecule has 18 heavy (non-hydrogen) atoms. The Morgan fingerprint density at radius 3 is 3.00 bits per heavy atom. The lowest BCUT2D eigenvalue weighted by Crippen LogP contribution is -2.29. The van der Waals surface area contributed by atoms with E-state index in [0.29, 0.717) is 22.7 Å². The molecule has 5 heteroatoms. The van der Waals surface area contributed by atoms with Crippen molar-refractivity contribution in [2.24, 2.45) is 5.92 Å². The normalized spacial score (nSPS) is 20.6. The number of anilines is 2. The molecule has 0 saturated carbocycles. The Balaban J connectivity index is 1.85. The van der Waals surface area contributed by atoms with Crippen LogP contribution in [0, 0.1) is 5.92 Å². The zero-order valence-electron chi connectivity index (χ0n) is 11.0. The summed E-state index contributed by atoms with van der Waals surface area (Å²) in [6.45, 7) is 7.74. The lowest BCUT2D eigenvalue weighted by Gasteiger charge is -2.20. The first-order valence-electron chi connectivity index (χ1n) is 6.45. The maximum atomic E-state index is 6.08. The first kappa shape index (κ1) is 13.4. The summed E-state index contributed by atoms with van der Waals surface area (Å²) in [7, 11) is 0. The van der Waals surface area contributed by atoms with Gasteiger partial charge in [0.2, 0.25) is 0 Å². The number of nitrogens with two attached hydrogens (primary N) is 1. The summed E-state index contributed by atoms with van der Waals surface area (Å²) in [4.78, 5) is 6.72. The number of aromatic nitrogens is 1. The SMILES string of the molecule is CC(C)N1CCC(CNc2ncc(N)cc2Cl)C1. The van der Waals surface area contributed by atoms with Crippen LogP contribution >= 0.6 is 11.6 Å². The third-order valence-electron chi connectivity index (χ3n) is 3.47. The van der Waals surface area contributed by atoms with Crippen molar-refractivity contribution in [1.29, 1.82) is 0 Å². The van der Waals surface area contributed by atoms with Crippen molar-refractivity contribution in [3.05, 3.63) is 17.3 Å². The van der Waals surface area contributed by atoms with Gasteiger partial charge in [-0.3, -0.25) is 0 Å². The summed E-state index contributed by atoms with van der Waals surface area (Å²) in [5.41, 5.74) is 6.21. The molecule has 0 aromatic carbocycles. The fraction of sp³-hybridized carbons (Fsp3) is 0.615. The Labute approximate surface area is 114 Å². The van der Waals surface area contributed by atoms with E-state index < -0.39 is 0 Å². The smallest absolute Gasteiger partial charge is 0.144 e. The van der Waals surface area contributed by atoms with Gasteiger partial charge in [0.25, 0.3) is 0 Å². The highest BCUT2D eigenvalue weighted by molar-refractivity contribution is 6.33. The lowest BCUT2D eigenvalue weighted by atomic mass is 10.1. The minimum atomic E-state index is 0.591. The second-order valence-corrected chi connectivity index (χ2v) is 5.63. The van der Waals surface area contributed by atoms with Crippen LogP contribution in [0.25, 0.3) is 0 Å². The molecule has 3 N–H and O–H groups in total. The molecule has 0 amide bonds. The Morgan fingerprint density at radius 2 is 2.39 bits per heavy atom. The second kappa shape index (κ2) is 5.76. The van der Waals surface area contributed by atoms with Gasteiger partial charge in [-0.05, 0) is 38.8 Å². The van der Waals surface area contributed by atoms with Gasteiger partial charge in [-0.1, -0.05) is 11.6 Å². The van der Waals surface area contributed by atoms with Crippen molar-refractivity contribution in [3.63, 3.8) is 0 Å². The monoisotopic (exact) mass is 268 g/mol. The van der Waals surface area contributed by atoms with Crippen LogP contribution in [-0.4, -0.2) is 35.6 Å². The molecule has 0 aliphatic carbocycles. The van der Waals surface area contributed by atoms with Crippen molar-refractivity contribution in [3.8, 4) is 0 Å². The van der Waals surface area contributed by atoms with Gasteiger partial charge < -0.3 is 16.0 Å². The molecule has 1 aromatic heterocycles. The van der Waals surface area contributed by atoms with Crippen LogP contribution in [0.1, 0.15) is 20.3 Å². The molecule has 0 spiro atoms. The van der Waals surface area contributed by atoms with Gasteiger partial charge in [-0.15, -0.1) is 0 Å². The van der Waals surface area contributed by atoms with E-state index in [1.54, 1.807) is 12.3 Å². The number of pyridine rings is 1. The molecule has 1 aliphatic rings. The lowest BCUT2D eigenvalue weighted by molar-refractivity contribution is 0.266. The van der Waals surface area contributed by atoms with E-state index in [2.05, 4.69) is 29.0 Å². The van der Waals surface area contributed by atoms with E-state index in [1.807, 2.05) is 0 Å². The maximum absolute atomic E-state index is 6.08. The summed E-state index contributed by atoms with van der Waals surface area (Å²) in [6, 6.07) is 2.36. The van der Waals surface area contributed by atoms with Gasteiger partial charge in [0.05, 0.1) is 16.9 Å². The average Bonchev–Trinajstić information content (AvgIpc) is 2.76. The molecule has 1 saturated heterocycles. The molecule has 1 fully saturated rings. The van der Waals surface area contributed by atoms with Crippen LogP contribution in [0.2, 0.25) is 5.02 Å². The zero-order valence-corrected chi connectivity index (χ0v) is 11.7. The van der Waals surface area contributed by atoms with Gasteiger partial charge in [0, 0.05) is 19.1 Å². The van der Waals surface area contributed by atoms with Crippen molar-refractivity contribution < 1.29 is 0 Å². The molecule has 1 atom stereocenters. The number of hydrogen-bond donors (Lipinski definition) is 2. The van der Waals surface area contributed by atoms with Gasteiger partial charge in [0.1, 0.15) is 5.82 Å². The maximum Gasteiger partial charge on any atom is 0.144 e. The topological polar surface area (TPSA) is 54.2 Å². The third kappa shape index (κ3) is 3.27. The Hall–Kier alpha value is -1.00. The van der Waals surface area contributed by atoms with Crippen LogP contribution < -0.4 is 11.1 Å². The van der Waals surface area contributed by atoms with Crippen LogP contribution in [0.15, 0.2) is 12.3 Å². The number of nitrogens with one attached hydrogen (secondary N) is 1. The van der Waals surface area contributed by atoms with Crippen molar-refractivity contribution >= 4 is 23.1 Å². The highest BCUT2D eigenvalue weighted by atomic mass is 35.5. The molecule has 2 heterocycles. The predicted molar refractivity (Wildman–Crippen MR) is 77.0 cm³/mol. The summed E-state index contributed by atoms with van der Waals surface area (Å²) in [5, 5.41) is 3.91. The number of rotatable bonds is 4. The molecular weight excluding hydrogens is 248 g/mol. The van der Waals surface area contributed by atoms with Crippen LogP contribution in [-0.2, 0) is 0 Å². The summed E-state index contributed by atoms with van der Waals surface area (Å²) < 4.78 is 0. The molecule has 1 aliphatic heterocycles. The zero-order chi connectivity index (χ0) is 13.1. The Kier molecular flexibility index (Phi) is 4.30. The van der Waals surface area contributed by atoms with Crippen LogP contribution in [0.4, 0.5) is 11.5 Å². The van der Waals surface area contributed by atoms with Crippen LogP contribution in [0.5, 0.6) is 0 Å². The highest BCUT2D eigenvalue weighted by Crippen LogP contribution is 2.23. The van der Waals surface area contributed by atoms with Crippen molar-refractivity contribution in [2.75, 3.05) is 30.7 Å². The fourth-order valence-corrected chi connectivity index (χ4v) is 2.56. The molecule has 4 nitrogen and oxygen atoms in total. The van der Waals surface area contributed by atoms with E-state index in [9.17, 15) is 0 Å². The molecule has 0 bridgehead atoms. The minimum Gasteiger partial charge on any atom is -0.397 e. The Morgan fingerprint density at radius 1 is 1.61 bits per heavy atom. The first-order valence-corrected chi connectivity index (χ1v) is 6.83. The van der Waals surface area contributed by atoms with Gasteiger partial charge in [-0.25, -0.2) is 4.98 Å². The largest absolute Gasteiger partial charge is 0.397 e. The molecule has 2 rings (SSSR count). The van der Waals surface area contributed by atoms with Gasteiger partial charge in [-0.2, -0.15) is 0 Å². The fourth-order valence-electron chi connectivity index (χ4n) is 2.32. The predicted octanol–water partition coefficient (Wildman–Crippen LogP) is 2.46.